The molecule has 0 radical (unpaired) electrons. The van der Waals surface area contributed by atoms with Crippen LogP contribution in [0.1, 0.15) is 10.4 Å². The minimum atomic E-state index is -0.725. The van der Waals surface area contributed by atoms with E-state index in [2.05, 4.69) is 15.6 Å². The van der Waals surface area contributed by atoms with E-state index in [0.29, 0.717) is 21.4 Å². The lowest BCUT2D eigenvalue weighted by Crippen LogP contribution is -2.32. The van der Waals surface area contributed by atoms with Crippen molar-refractivity contribution in [2.45, 2.75) is 0 Å². The molecule has 0 unspecified atom stereocenters. The molecular formula is C21H14Cl2N4O4S. The van der Waals surface area contributed by atoms with E-state index in [1.807, 2.05) is 0 Å². The molecule has 2 heterocycles. The molecule has 1 aliphatic rings. The zero-order valence-corrected chi connectivity index (χ0v) is 18.7. The third-order valence-corrected chi connectivity index (χ3v) is 5.73. The van der Waals surface area contributed by atoms with Gasteiger partial charge in [0.2, 0.25) is 0 Å². The van der Waals surface area contributed by atoms with Gasteiger partial charge in [0.25, 0.3) is 17.7 Å². The van der Waals surface area contributed by atoms with Crippen molar-refractivity contribution in [3.8, 4) is 5.75 Å². The smallest absolute Gasteiger partial charge is 0.283 e. The van der Waals surface area contributed by atoms with Crippen LogP contribution >= 0.6 is 34.5 Å². The van der Waals surface area contributed by atoms with Crippen molar-refractivity contribution in [3.05, 3.63) is 75.4 Å². The summed E-state index contributed by atoms with van der Waals surface area (Å²) in [4.78, 5) is 43.2. The van der Waals surface area contributed by atoms with Crippen molar-refractivity contribution >= 4 is 68.8 Å². The summed E-state index contributed by atoms with van der Waals surface area (Å²) < 4.78 is 5.25. The van der Waals surface area contributed by atoms with Gasteiger partial charge in [-0.25, -0.2) is 9.88 Å². The second-order valence-corrected chi connectivity index (χ2v) is 8.16. The molecule has 162 valence electrons. The molecule has 1 aliphatic heterocycles. The topological polar surface area (TPSA) is 101 Å². The third kappa shape index (κ3) is 4.18. The lowest BCUT2D eigenvalue weighted by atomic mass is 10.2. The lowest BCUT2D eigenvalue weighted by molar-refractivity contribution is -0.120. The predicted octanol–water partition coefficient (Wildman–Crippen LogP) is 4.49. The van der Waals surface area contributed by atoms with E-state index in [0.717, 1.165) is 4.90 Å². The average Bonchev–Trinajstić information content (AvgIpc) is 3.36. The van der Waals surface area contributed by atoms with Gasteiger partial charge < -0.3 is 10.1 Å². The third-order valence-electron chi connectivity index (χ3n) is 4.46. The van der Waals surface area contributed by atoms with Gasteiger partial charge in [-0.2, -0.15) is 0 Å². The van der Waals surface area contributed by atoms with Crippen LogP contribution in [0.3, 0.4) is 0 Å². The summed E-state index contributed by atoms with van der Waals surface area (Å²) in [5, 5.41) is 7.75. The van der Waals surface area contributed by atoms with E-state index in [9.17, 15) is 14.4 Å². The normalized spacial score (nSPS) is 13.5. The van der Waals surface area contributed by atoms with Crippen LogP contribution in [-0.2, 0) is 9.59 Å². The summed E-state index contributed by atoms with van der Waals surface area (Å²) in [6, 6.07) is 11.0. The number of nitrogens with zero attached hydrogens (tertiary/aromatic N) is 2. The van der Waals surface area contributed by atoms with Crippen molar-refractivity contribution in [2.24, 2.45) is 0 Å². The number of rotatable bonds is 6. The number of hydrogen-bond acceptors (Lipinski definition) is 7. The van der Waals surface area contributed by atoms with Gasteiger partial charge in [0.05, 0.1) is 12.8 Å². The van der Waals surface area contributed by atoms with Crippen molar-refractivity contribution < 1.29 is 19.1 Å². The number of anilines is 3. The number of nitrogens with one attached hydrogen (secondary N) is 2. The predicted molar refractivity (Wildman–Crippen MR) is 124 cm³/mol. The van der Waals surface area contributed by atoms with Crippen LogP contribution in [0.25, 0.3) is 0 Å². The number of aromatic nitrogens is 1. The van der Waals surface area contributed by atoms with Crippen LogP contribution in [0.5, 0.6) is 5.75 Å². The summed E-state index contributed by atoms with van der Waals surface area (Å²) in [5.74, 6) is -1.50. The highest BCUT2D eigenvalue weighted by Gasteiger charge is 2.40. The van der Waals surface area contributed by atoms with Crippen LogP contribution in [0, 0.1) is 0 Å². The number of imide groups is 1. The quantitative estimate of drug-likeness (QED) is 0.495. The molecule has 0 atom stereocenters. The maximum absolute atomic E-state index is 13.1. The van der Waals surface area contributed by atoms with Gasteiger partial charge in [-0.05, 0) is 36.4 Å². The minimum absolute atomic E-state index is 0.129. The van der Waals surface area contributed by atoms with Gasteiger partial charge in [-0.15, -0.1) is 11.3 Å². The van der Waals surface area contributed by atoms with Crippen molar-refractivity contribution in [2.75, 3.05) is 22.6 Å². The van der Waals surface area contributed by atoms with Crippen molar-refractivity contribution in [1.82, 2.24) is 4.98 Å². The summed E-state index contributed by atoms with van der Waals surface area (Å²) >= 11 is 13.5. The van der Waals surface area contributed by atoms with E-state index in [1.54, 1.807) is 41.9 Å². The van der Waals surface area contributed by atoms with Crippen LogP contribution < -0.4 is 20.3 Å². The first-order valence-electron chi connectivity index (χ1n) is 9.09. The molecule has 1 aromatic heterocycles. The highest BCUT2D eigenvalue weighted by atomic mass is 35.5. The molecule has 8 nitrogen and oxygen atoms in total. The van der Waals surface area contributed by atoms with E-state index in [1.165, 1.54) is 30.6 Å². The Hall–Kier alpha value is -3.40. The van der Waals surface area contributed by atoms with E-state index in [-0.39, 0.29) is 28.1 Å². The SMILES string of the molecule is COc1ccc(Cl)cc1N1C(=O)C(Cl)=C(Nc2cccc(C(=O)Nc3nccs3)c2)C1=O. The molecule has 0 saturated heterocycles. The molecule has 0 saturated carbocycles. The van der Waals surface area contributed by atoms with E-state index < -0.39 is 11.8 Å². The fraction of sp³-hybridized carbons (Fsp3) is 0.0476. The Bertz CT molecular complexity index is 1260. The Morgan fingerprint density at radius 3 is 2.66 bits per heavy atom. The first-order chi connectivity index (χ1) is 15.4. The van der Waals surface area contributed by atoms with Gasteiger partial charge >= 0.3 is 0 Å². The Morgan fingerprint density at radius 1 is 1.12 bits per heavy atom. The number of carbonyl (C=O) groups excluding carboxylic acids is 3. The molecular weight excluding hydrogens is 475 g/mol. The zero-order chi connectivity index (χ0) is 22.8. The fourth-order valence-corrected chi connectivity index (χ4v) is 3.91. The second-order valence-electron chi connectivity index (χ2n) is 6.45. The highest BCUT2D eigenvalue weighted by molar-refractivity contribution is 7.13. The molecule has 0 fully saturated rings. The Morgan fingerprint density at radius 2 is 1.94 bits per heavy atom. The number of amides is 3. The Kier molecular flexibility index (Phi) is 6.13. The van der Waals surface area contributed by atoms with Gasteiger partial charge in [0, 0.05) is 27.9 Å². The van der Waals surface area contributed by atoms with E-state index >= 15 is 0 Å². The number of ether oxygens (including phenoxy) is 1. The molecule has 0 bridgehead atoms. The molecule has 0 aliphatic carbocycles. The Balaban J connectivity index is 1.59. The van der Waals surface area contributed by atoms with Crippen LogP contribution in [0.2, 0.25) is 5.02 Å². The second kappa shape index (κ2) is 8.99. The standard InChI is InChI=1S/C21H14Cl2N4O4S/c1-31-15-6-5-12(22)10-14(15)27-19(29)16(23)17(20(27)30)25-13-4-2-3-11(9-13)18(28)26-21-24-7-8-32-21/h2-10,25H,1H3,(H,24,26,28). The molecule has 0 spiro atoms. The zero-order valence-electron chi connectivity index (χ0n) is 16.4. The minimum Gasteiger partial charge on any atom is -0.495 e. The number of methoxy groups -OCH3 is 1. The summed E-state index contributed by atoms with van der Waals surface area (Å²) in [7, 11) is 1.41. The van der Waals surface area contributed by atoms with Crippen LogP contribution in [0.15, 0.2) is 64.8 Å². The largest absolute Gasteiger partial charge is 0.495 e. The summed E-state index contributed by atoms with van der Waals surface area (Å²) in [5.41, 5.74) is 0.760. The van der Waals surface area contributed by atoms with Gasteiger partial charge in [0.1, 0.15) is 16.5 Å². The van der Waals surface area contributed by atoms with Crippen molar-refractivity contribution in [1.29, 1.82) is 0 Å². The highest BCUT2D eigenvalue weighted by Crippen LogP contribution is 2.37. The maximum Gasteiger partial charge on any atom is 0.283 e. The maximum atomic E-state index is 13.1. The summed E-state index contributed by atoms with van der Waals surface area (Å²) in [6.45, 7) is 0. The molecule has 4 rings (SSSR count). The van der Waals surface area contributed by atoms with Crippen molar-refractivity contribution in [3.63, 3.8) is 0 Å². The average molecular weight is 489 g/mol. The molecule has 32 heavy (non-hydrogen) atoms. The van der Waals surface area contributed by atoms with Gasteiger partial charge in [0.15, 0.2) is 5.13 Å². The summed E-state index contributed by atoms with van der Waals surface area (Å²) in [6.07, 6.45) is 1.58. The van der Waals surface area contributed by atoms with Gasteiger partial charge in [-0.3, -0.25) is 19.7 Å². The molecule has 3 amide bonds. The number of carbonyl (C=O) groups is 3. The molecule has 11 heteroatoms. The number of thiazole rings is 1. The number of hydrogen-bond donors (Lipinski definition) is 2. The lowest BCUT2D eigenvalue weighted by Gasteiger charge is -2.18. The number of halogens is 2. The van der Waals surface area contributed by atoms with Crippen LogP contribution in [-0.4, -0.2) is 29.8 Å². The van der Waals surface area contributed by atoms with E-state index in [4.69, 9.17) is 27.9 Å². The van der Waals surface area contributed by atoms with Gasteiger partial charge in [-0.1, -0.05) is 29.3 Å². The Labute approximate surface area is 196 Å². The monoisotopic (exact) mass is 488 g/mol. The molecule has 2 N–H and O–H groups in total. The first kappa shape index (κ1) is 21.8. The first-order valence-corrected chi connectivity index (χ1v) is 10.7. The molecule has 2 aromatic carbocycles. The molecule has 3 aromatic rings. The fourth-order valence-electron chi connectivity index (χ4n) is 3.01. The van der Waals surface area contributed by atoms with Crippen LogP contribution in [0.4, 0.5) is 16.5 Å². The number of benzene rings is 2.